The number of sulfonamides is 1. The van der Waals surface area contributed by atoms with E-state index in [2.05, 4.69) is 26.1 Å². The Bertz CT molecular complexity index is 775. The molecule has 1 N–H and O–H groups in total. The molecule has 1 aliphatic rings. The number of alkyl halides is 2. The summed E-state index contributed by atoms with van der Waals surface area (Å²) in [5.41, 5.74) is 0.663. The van der Waals surface area contributed by atoms with Gasteiger partial charge in [-0.1, -0.05) is 0 Å². The van der Waals surface area contributed by atoms with Crippen molar-refractivity contribution >= 4 is 36.9 Å². The lowest BCUT2D eigenvalue weighted by molar-refractivity contribution is 0.0183. The van der Waals surface area contributed by atoms with Gasteiger partial charge in [0.15, 0.2) is 0 Å². The molecule has 5 nitrogen and oxygen atoms in total. The van der Waals surface area contributed by atoms with Gasteiger partial charge in [0.25, 0.3) is 5.92 Å². The minimum absolute atomic E-state index is 0.0176. The first kappa shape index (κ1) is 13.9. The summed E-state index contributed by atoms with van der Waals surface area (Å²) in [6.07, 6.45) is 1.04. The summed E-state index contributed by atoms with van der Waals surface area (Å²) < 4.78 is 52.5. The normalized spacial score (nSPS) is 19.8. The van der Waals surface area contributed by atoms with Crippen molar-refractivity contribution in [3.63, 3.8) is 0 Å². The van der Waals surface area contributed by atoms with E-state index in [0.717, 1.165) is 4.31 Å². The smallest absolute Gasteiger partial charge is 0.262 e. The van der Waals surface area contributed by atoms with E-state index in [1.807, 2.05) is 0 Å². The number of H-pyrrole nitrogens is 1. The highest BCUT2D eigenvalue weighted by Gasteiger charge is 2.43. The summed E-state index contributed by atoms with van der Waals surface area (Å²) in [7, 11) is -3.92. The zero-order chi connectivity index (χ0) is 14.5. The highest BCUT2D eigenvalue weighted by Crippen LogP contribution is 2.33. The highest BCUT2D eigenvalue weighted by atomic mass is 79.9. The van der Waals surface area contributed by atoms with Crippen LogP contribution >= 0.6 is 15.9 Å². The molecule has 3 rings (SSSR count). The van der Waals surface area contributed by atoms with Gasteiger partial charge in [0, 0.05) is 22.8 Å². The van der Waals surface area contributed by atoms with Crippen molar-refractivity contribution in [2.75, 3.05) is 13.1 Å². The van der Waals surface area contributed by atoms with Crippen molar-refractivity contribution in [2.45, 2.75) is 17.2 Å². The molecule has 0 bridgehead atoms. The van der Waals surface area contributed by atoms with Gasteiger partial charge in [-0.15, -0.1) is 0 Å². The van der Waals surface area contributed by atoms with Gasteiger partial charge >= 0.3 is 0 Å². The molecule has 9 heteroatoms. The van der Waals surface area contributed by atoms with Crippen LogP contribution < -0.4 is 0 Å². The van der Waals surface area contributed by atoms with Gasteiger partial charge in [-0.05, 0) is 28.1 Å². The lowest BCUT2D eigenvalue weighted by Crippen LogP contribution is -2.31. The predicted molar refractivity (Wildman–Crippen MR) is 72.1 cm³/mol. The number of fused-ring (bicyclic) bond motifs is 1. The van der Waals surface area contributed by atoms with Gasteiger partial charge in [0.05, 0.1) is 23.2 Å². The Morgan fingerprint density at radius 3 is 2.80 bits per heavy atom. The predicted octanol–water partition coefficient (Wildman–Crippen LogP) is 2.36. The van der Waals surface area contributed by atoms with Gasteiger partial charge in [-0.25, -0.2) is 17.2 Å². The van der Waals surface area contributed by atoms with Crippen molar-refractivity contribution in [2.24, 2.45) is 0 Å². The van der Waals surface area contributed by atoms with Crippen molar-refractivity contribution in [1.29, 1.82) is 0 Å². The van der Waals surface area contributed by atoms with Crippen LogP contribution in [-0.2, 0) is 10.0 Å². The zero-order valence-electron chi connectivity index (χ0n) is 10.1. The second-order valence-electron chi connectivity index (χ2n) is 4.68. The maximum absolute atomic E-state index is 13.2. The van der Waals surface area contributed by atoms with E-state index in [9.17, 15) is 17.2 Å². The molecule has 0 atom stereocenters. The second kappa shape index (κ2) is 4.47. The van der Waals surface area contributed by atoms with Crippen LogP contribution in [0.15, 0.2) is 27.7 Å². The number of halogens is 3. The minimum atomic E-state index is -3.92. The van der Waals surface area contributed by atoms with Crippen molar-refractivity contribution in [1.82, 2.24) is 14.5 Å². The Balaban J connectivity index is 2.05. The van der Waals surface area contributed by atoms with E-state index in [0.29, 0.717) is 15.4 Å². The molecular formula is C11H10BrF2N3O2S. The number of nitrogens with one attached hydrogen (secondary N) is 1. The third-order valence-corrected chi connectivity index (χ3v) is 5.70. The van der Waals surface area contributed by atoms with Gasteiger partial charge in [-0.3, -0.25) is 5.10 Å². The Morgan fingerprint density at radius 1 is 1.40 bits per heavy atom. The number of aromatic nitrogens is 2. The molecule has 0 spiro atoms. The van der Waals surface area contributed by atoms with E-state index < -0.39 is 28.9 Å². The second-order valence-corrected chi connectivity index (χ2v) is 7.48. The molecule has 2 heterocycles. The number of hydrogen-bond acceptors (Lipinski definition) is 3. The Hall–Kier alpha value is -1.06. The number of nitrogens with zero attached hydrogens (tertiary/aromatic N) is 2. The zero-order valence-corrected chi connectivity index (χ0v) is 12.5. The standard InChI is InChI=1S/C11H10BrF2N3O2S/c12-9-4-8(3-7-5-15-16-10(7)9)20(18,19)17-2-1-11(13,14)6-17/h3-5H,1-2,6H2,(H,15,16). The molecule has 2 aromatic rings. The molecule has 0 amide bonds. The van der Waals surface area contributed by atoms with E-state index in [1.165, 1.54) is 18.3 Å². The highest BCUT2D eigenvalue weighted by molar-refractivity contribution is 9.10. The fraction of sp³-hybridized carbons (Fsp3) is 0.364. The van der Waals surface area contributed by atoms with Crippen LogP contribution in [0.5, 0.6) is 0 Å². The molecular weight excluding hydrogens is 356 g/mol. The van der Waals surface area contributed by atoms with E-state index in [1.54, 1.807) is 0 Å². The average molecular weight is 366 g/mol. The lowest BCUT2D eigenvalue weighted by Gasteiger charge is -2.16. The first-order chi connectivity index (χ1) is 9.29. The molecule has 0 radical (unpaired) electrons. The van der Waals surface area contributed by atoms with Gasteiger partial charge in [0.2, 0.25) is 10.0 Å². The van der Waals surface area contributed by atoms with E-state index in [-0.39, 0.29) is 11.4 Å². The number of rotatable bonds is 2. The minimum Gasteiger partial charge on any atom is -0.277 e. The Kier molecular flexibility index (Phi) is 3.11. The topological polar surface area (TPSA) is 66.1 Å². The maximum atomic E-state index is 13.2. The summed E-state index contributed by atoms with van der Waals surface area (Å²) >= 11 is 3.25. The van der Waals surface area contributed by atoms with E-state index in [4.69, 9.17) is 0 Å². The number of hydrogen-bond donors (Lipinski definition) is 1. The number of aromatic amines is 1. The monoisotopic (exact) mass is 365 g/mol. The first-order valence-electron chi connectivity index (χ1n) is 5.80. The van der Waals surface area contributed by atoms with Gasteiger partial charge in [-0.2, -0.15) is 9.40 Å². The summed E-state index contributed by atoms with van der Waals surface area (Å²) in [6, 6.07) is 2.82. The van der Waals surface area contributed by atoms with Crippen LogP contribution in [0.1, 0.15) is 6.42 Å². The lowest BCUT2D eigenvalue weighted by atomic mass is 10.3. The Labute approximate surface area is 122 Å². The molecule has 1 aromatic carbocycles. The molecule has 1 aliphatic heterocycles. The van der Waals surface area contributed by atoms with Crippen LogP contribution in [0, 0.1) is 0 Å². The molecule has 0 aliphatic carbocycles. The SMILES string of the molecule is O=S(=O)(c1cc(Br)c2[nH]ncc2c1)N1CCC(F)(F)C1. The van der Waals surface area contributed by atoms with Crippen molar-refractivity contribution in [3.05, 3.63) is 22.8 Å². The number of benzene rings is 1. The Morgan fingerprint density at radius 2 is 2.15 bits per heavy atom. The van der Waals surface area contributed by atoms with Gasteiger partial charge in [0.1, 0.15) is 0 Å². The third-order valence-electron chi connectivity index (χ3n) is 3.25. The summed E-state index contributed by atoms with van der Waals surface area (Å²) in [5.74, 6) is -2.95. The largest absolute Gasteiger partial charge is 0.277 e. The van der Waals surface area contributed by atoms with Crippen LogP contribution in [0.2, 0.25) is 0 Å². The van der Waals surface area contributed by atoms with Crippen LogP contribution in [0.3, 0.4) is 0 Å². The van der Waals surface area contributed by atoms with Gasteiger partial charge < -0.3 is 0 Å². The van der Waals surface area contributed by atoms with Crippen molar-refractivity contribution in [3.8, 4) is 0 Å². The van der Waals surface area contributed by atoms with Crippen LogP contribution in [0.4, 0.5) is 8.78 Å². The summed E-state index contributed by atoms with van der Waals surface area (Å²) in [4.78, 5) is -0.0176. The molecule has 0 saturated carbocycles. The molecule has 0 unspecified atom stereocenters. The summed E-state index contributed by atoms with van der Waals surface area (Å²) in [6.45, 7) is -0.938. The van der Waals surface area contributed by atoms with Crippen LogP contribution in [-0.4, -0.2) is 41.9 Å². The van der Waals surface area contributed by atoms with Crippen LogP contribution in [0.25, 0.3) is 10.9 Å². The fourth-order valence-corrected chi connectivity index (χ4v) is 4.44. The first-order valence-corrected chi connectivity index (χ1v) is 8.03. The average Bonchev–Trinajstić information content (AvgIpc) is 2.95. The molecule has 20 heavy (non-hydrogen) atoms. The summed E-state index contributed by atoms with van der Waals surface area (Å²) in [5, 5.41) is 7.15. The fourth-order valence-electron chi connectivity index (χ4n) is 2.20. The molecule has 1 aromatic heterocycles. The molecule has 1 saturated heterocycles. The third kappa shape index (κ3) is 2.23. The molecule has 1 fully saturated rings. The van der Waals surface area contributed by atoms with E-state index >= 15 is 0 Å². The maximum Gasteiger partial charge on any atom is 0.262 e. The van der Waals surface area contributed by atoms with Crippen molar-refractivity contribution < 1.29 is 17.2 Å². The quantitative estimate of drug-likeness (QED) is 0.888. The molecule has 108 valence electrons.